The number of anilines is 1. The van der Waals surface area contributed by atoms with E-state index in [1.54, 1.807) is 12.1 Å². The molecule has 0 spiro atoms. The molecule has 2 aromatic rings. The lowest BCUT2D eigenvalue weighted by molar-refractivity contribution is 0.309. The maximum absolute atomic E-state index is 12.7. The van der Waals surface area contributed by atoms with Crippen molar-refractivity contribution < 1.29 is 21.6 Å². The molecule has 0 aliphatic heterocycles. The Morgan fingerprint density at radius 3 is 2.33 bits per heavy atom. The number of halogens is 1. The van der Waals surface area contributed by atoms with Crippen LogP contribution >= 0.6 is 11.6 Å². The molecule has 0 bridgehead atoms. The summed E-state index contributed by atoms with van der Waals surface area (Å²) >= 11 is 6.06. The van der Waals surface area contributed by atoms with Crippen LogP contribution in [-0.2, 0) is 20.0 Å². The molecule has 0 heterocycles. The van der Waals surface area contributed by atoms with Crippen LogP contribution in [0.25, 0.3) is 0 Å². The van der Waals surface area contributed by atoms with Crippen molar-refractivity contribution in [3.63, 3.8) is 0 Å². The first-order valence-electron chi connectivity index (χ1n) is 9.11. The zero-order chi connectivity index (χ0) is 22.2. The first-order chi connectivity index (χ1) is 14.2. The zero-order valence-corrected chi connectivity index (χ0v) is 18.6. The van der Waals surface area contributed by atoms with Crippen molar-refractivity contribution in [1.29, 1.82) is 5.26 Å². The average molecular weight is 472 g/mol. The summed E-state index contributed by atoms with van der Waals surface area (Å²) in [5.74, 6) is 0.553. The van der Waals surface area contributed by atoms with Crippen LogP contribution in [-0.4, -0.2) is 30.0 Å². The van der Waals surface area contributed by atoms with Crippen LogP contribution < -0.4 is 14.2 Å². The second-order valence-electron chi connectivity index (χ2n) is 6.23. The highest BCUT2D eigenvalue weighted by atomic mass is 35.5. The molecule has 11 heteroatoms. The Hall–Kier alpha value is -2.32. The van der Waals surface area contributed by atoms with Crippen LogP contribution in [0, 0.1) is 11.3 Å². The molecule has 0 unspecified atom stereocenters. The van der Waals surface area contributed by atoms with Crippen LogP contribution in [0.4, 0.5) is 5.69 Å². The molecule has 2 rings (SSSR count). The Kier molecular flexibility index (Phi) is 8.49. The largest absolute Gasteiger partial charge is 0.494 e. The highest BCUT2D eigenvalue weighted by molar-refractivity contribution is 7.92. The number of sulfonamides is 2. The quantitative estimate of drug-likeness (QED) is 0.483. The molecule has 0 amide bonds. The van der Waals surface area contributed by atoms with E-state index in [-0.39, 0.29) is 33.5 Å². The van der Waals surface area contributed by atoms with Gasteiger partial charge in [0.2, 0.25) is 10.0 Å². The molecular formula is C19H22ClN3O5S2. The lowest BCUT2D eigenvalue weighted by atomic mass is 10.3. The Morgan fingerprint density at radius 1 is 1.03 bits per heavy atom. The third-order valence-electron chi connectivity index (χ3n) is 3.92. The number of hydrogen-bond acceptors (Lipinski definition) is 6. The SMILES string of the molecule is CCCCOc1ccc(S(=O)(=O)Nc2cc(S(=O)(=O)NCCC#N)ccc2Cl)cc1. The van der Waals surface area contributed by atoms with Crippen molar-refractivity contribution in [2.24, 2.45) is 0 Å². The fourth-order valence-corrected chi connectivity index (χ4v) is 4.68. The maximum Gasteiger partial charge on any atom is 0.261 e. The van der Waals surface area contributed by atoms with E-state index in [1.165, 1.54) is 24.3 Å². The van der Waals surface area contributed by atoms with Crippen molar-refractivity contribution in [3.05, 3.63) is 47.5 Å². The fraction of sp³-hybridized carbons (Fsp3) is 0.316. The summed E-state index contributed by atoms with van der Waals surface area (Å²) < 4.78 is 60.0. The van der Waals surface area contributed by atoms with E-state index in [0.717, 1.165) is 18.9 Å². The number of hydrogen-bond donors (Lipinski definition) is 2. The van der Waals surface area contributed by atoms with Crippen molar-refractivity contribution in [1.82, 2.24) is 4.72 Å². The number of nitrogens with one attached hydrogen (secondary N) is 2. The second-order valence-corrected chi connectivity index (χ2v) is 10.1. The van der Waals surface area contributed by atoms with Gasteiger partial charge in [-0.1, -0.05) is 24.9 Å². The molecule has 2 N–H and O–H groups in total. The Bertz CT molecular complexity index is 1110. The summed E-state index contributed by atoms with van der Waals surface area (Å²) in [6.45, 7) is 2.52. The summed E-state index contributed by atoms with van der Waals surface area (Å²) in [6.07, 6.45) is 1.88. The monoisotopic (exact) mass is 471 g/mol. The Morgan fingerprint density at radius 2 is 1.70 bits per heavy atom. The van der Waals surface area contributed by atoms with Gasteiger partial charge in [-0.05, 0) is 48.9 Å². The average Bonchev–Trinajstić information content (AvgIpc) is 2.70. The molecule has 0 radical (unpaired) electrons. The van der Waals surface area contributed by atoms with E-state index in [2.05, 4.69) is 9.44 Å². The smallest absolute Gasteiger partial charge is 0.261 e. The van der Waals surface area contributed by atoms with Crippen molar-refractivity contribution >= 4 is 37.3 Å². The van der Waals surface area contributed by atoms with Gasteiger partial charge >= 0.3 is 0 Å². The van der Waals surface area contributed by atoms with E-state index in [9.17, 15) is 16.8 Å². The molecule has 0 aliphatic carbocycles. The minimum atomic E-state index is -4.01. The number of unbranched alkanes of at least 4 members (excludes halogenated alkanes) is 1. The summed E-state index contributed by atoms with van der Waals surface area (Å²) in [6, 6.07) is 11.4. The van der Waals surface area contributed by atoms with Gasteiger partial charge in [0, 0.05) is 13.0 Å². The summed E-state index contributed by atoms with van der Waals surface area (Å²) in [5.41, 5.74) is -0.0805. The van der Waals surface area contributed by atoms with Crippen LogP contribution in [0.15, 0.2) is 52.3 Å². The van der Waals surface area contributed by atoms with Gasteiger partial charge in [0.05, 0.1) is 33.2 Å². The van der Waals surface area contributed by atoms with E-state index < -0.39 is 20.0 Å². The lowest BCUT2D eigenvalue weighted by Crippen LogP contribution is -2.24. The molecule has 8 nitrogen and oxygen atoms in total. The number of benzene rings is 2. The number of ether oxygens (including phenoxy) is 1. The zero-order valence-electron chi connectivity index (χ0n) is 16.3. The first-order valence-corrected chi connectivity index (χ1v) is 12.5. The summed E-state index contributed by atoms with van der Waals surface area (Å²) in [5, 5.41) is 8.57. The van der Waals surface area contributed by atoms with Gasteiger partial charge in [-0.3, -0.25) is 4.72 Å². The van der Waals surface area contributed by atoms with Gasteiger partial charge in [0.15, 0.2) is 0 Å². The van der Waals surface area contributed by atoms with Gasteiger partial charge in [0.25, 0.3) is 10.0 Å². The summed E-state index contributed by atoms with van der Waals surface area (Å²) in [7, 11) is -7.93. The van der Waals surface area contributed by atoms with E-state index >= 15 is 0 Å². The normalized spacial score (nSPS) is 11.6. The molecule has 0 saturated heterocycles. The number of rotatable bonds is 11. The van der Waals surface area contributed by atoms with Gasteiger partial charge in [-0.25, -0.2) is 21.6 Å². The van der Waals surface area contributed by atoms with Crippen molar-refractivity contribution in [2.45, 2.75) is 36.0 Å². The van der Waals surface area contributed by atoms with E-state index in [1.807, 2.05) is 13.0 Å². The van der Waals surface area contributed by atoms with Crippen LogP contribution in [0.3, 0.4) is 0 Å². The third-order valence-corrected chi connectivity index (χ3v) is 7.09. The van der Waals surface area contributed by atoms with Crippen LogP contribution in [0.2, 0.25) is 5.02 Å². The van der Waals surface area contributed by atoms with Gasteiger partial charge in [-0.2, -0.15) is 5.26 Å². The number of nitriles is 1. The van der Waals surface area contributed by atoms with Crippen LogP contribution in [0.5, 0.6) is 5.75 Å². The Labute approximate surface area is 181 Å². The van der Waals surface area contributed by atoms with Crippen LogP contribution in [0.1, 0.15) is 26.2 Å². The Balaban J connectivity index is 2.21. The predicted molar refractivity (Wildman–Crippen MR) is 115 cm³/mol. The number of nitrogens with zero attached hydrogens (tertiary/aromatic N) is 1. The molecule has 0 aliphatic rings. The second kappa shape index (κ2) is 10.6. The fourth-order valence-electron chi connectivity index (χ4n) is 2.33. The molecular weight excluding hydrogens is 450 g/mol. The molecule has 0 saturated carbocycles. The molecule has 162 valence electrons. The van der Waals surface area contributed by atoms with Crippen molar-refractivity contribution in [3.8, 4) is 11.8 Å². The molecule has 0 fully saturated rings. The molecule has 30 heavy (non-hydrogen) atoms. The molecule has 0 atom stereocenters. The summed E-state index contributed by atoms with van der Waals surface area (Å²) in [4.78, 5) is -0.205. The first kappa shape index (κ1) is 24.0. The van der Waals surface area contributed by atoms with Gasteiger partial charge in [0.1, 0.15) is 5.75 Å². The van der Waals surface area contributed by atoms with Crippen molar-refractivity contribution in [2.75, 3.05) is 17.9 Å². The van der Waals surface area contributed by atoms with E-state index in [0.29, 0.717) is 12.4 Å². The maximum atomic E-state index is 12.7. The third kappa shape index (κ3) is 6.60. The standard InChI is InChI=1S/C19H22ClN3O5S2/c1-2-3-13-28-15-5-7-16(8-6-15)30(26,27)23-19-14-17(9-10-18(19)20)29(24,25)22-12-4-11-21/h5-10,14,22-23H,2-4,12-13H2,1H3. The van der Waals surface area contributed by atoms with Gasteiger partial charge in [-0.15, -0.1) is 0 Å². The molecule has 2 aromatic carbocycles. The molecule has 0 aromatic heterocycles. The minimum Gasteiger partial charge on any atom is -0.494 e. The highest BCUT2D eigenvalue weighted by Gasteiger charge is 2.20. The lowest BCUT2D eigenvalue weighted by Gasteiger charge is -2.12. The van der Waals surface area contributed by atoms with E-state index in [4.69, 9.17) is 21.6 Å². The predicted octanol–water partition coefficient (Wildman–Crippen LogP) is 3.51. The van der Waals surface area contributed by atoms with Gasteiger partial charge < -0.3 is 4.74 Å². The minimum absolute atomic E-state index is 0.00442. The highest BCUT2D eigenvalue weighted by Crippen LogP contribution is 2.28. The topological polar surface area (TPSA) is 125 Å².